The molecule has 2 amide bonds. The average molecular weight is 595 g/mol. The van der Waals surface area contributed by atoms with E-state index >= 15 is 0 Å². The molecule has 4 heterocycles. The van der Waals surface area contributed by atoms with Crippen LogP contribution in [0.1, 0.15) is 49.2 Å². The highest BCUT2D eigenvalue weighted by atomic mass is 32.2. The Bertz CT molecular complexity index is 1560. The molecule has 9 nitrogen and oxygen atoms in total. The molecule has 3 aliphatic rings. The van der Waals surface area contributed by atoms with Gasteiger partial charge in [-0.2, -0.15) is 4.31 Å². The van der Waals surface area contributed by atoms with Crippen LogP contribution in [0.15, 0.2) is 53.4 Å². The molecule has 0 bridgehead atoms. The van der Waals surface area contributed by atoms with Crippen LogP contribution in [0.3, 0.4) is 0 Å². The van der Waals surface area contributed by atoms with Crippen LogP contribution in [0.4, 0.5) is 5.00 Å². The van der Waals surface area contributed by atoms with Gasteiger partial charge < -0.3 is 15.0 Å². The molecular formula is C30H34N4O5S2. The Labute approximate surface area is 244 Å². The van der Waals surface area contributed by atoms with Gasteiger partial charge in [0, 0.05) is 49.7 Å². The standard InChI is InChI=1S/C30H34N4O5S2/c1-2-32-13-12-25-26(20-32)40-29(27(25)30(36)33-15-17-39-18-16-33)31-28(35)22-7-9-24(10-8-22)41(37,38)34-14-11-21-5-3-4-6-23(21)19-34/h3-10H,2,11-20H2,1H3,(H,31,35). The lowest BCUT2D eigenvalue weighted by Crippen LogP contribution is -2.41. The summed E-state index contributed by atoms with van der Waals surface area (Å²) in [5.74, 6) is -0.446. The van der Waals surface area contributed by atoms with E-state index in [0.717, 1.165) is 42.1 Å². The van der Waals surface area contributed by atoms with Gasteiger partial charge in [-0.1, -0.05) is 31.2 Å². The Hall–Kier alpha value is -3.09. The number of amides is 2. The Morgan fingerprint density at radius 3 is 2.39 bits per heavy atom. The molecule has 0 atom stereocenters. The van der Waals surface area contributed by atoms with Crippen LogP contribution >= 0.6 is 11.3 Å². The molecular weight excluding hydrogens is 560 g/mol. The van der Waals surface area contributed by atoms with Gasteiger partial charge in [-0.05, 0) is 60.3 Å². The third-order valence-electron chi connectivity index (χ3n) is 8.17. The van der Waals surface area contributed by atoms with Crippen LogP contribution in [0, 0.1) is 0 Å². The summed E-state index contributed by atoms with van der Waals surface area (Å²) in [6.07, 6.45) is 1.43. The van der Waals surface area contributed by atoms with Crippen molar-refractivity contribution < 1.29 is 22.7 Å². The van der Waals surface area contributed by atoms with E-state index in [1.807, 2.05) is 24.3 Å². The summed E-state index contributed by atoms with van der Waals surface area (Å²) in [4.78, 5) is 32.4. The largest absolute Gasteiger partial charge is 0.378 e. The molecule has 3 aliphatic heterocycles. The Balaban J connectivity index is 1.22. The lowest BCUT2D eigenvalue weighted by atomic mass is 10.0. The number of benzene rings is 2. The summed E-state index contributed by atoms with van der Waals surface area (Å²) in [5, 5.41) is 3.55. The van der Waals surface area contributed by atoms with E-state index in [1.54, 1.807) is 4.90 Å². The number of hydrogen-bond acceptors (Lipinski definition) is 7. The van der Waals surface area contributed by atoms with E-state index in [0.29, 0.717) is 61.9 Å². The van der Waals surface area contributed by atoms with E-state index in [1.165, 1.54) is 45.5 Å². The van der Waals surface area contributed by atoms with Gasteiger partial charge in [0.2, 0.25) is 10.0 Å². The number of hydrogen-bond donors (Lipinski definition) is 1. The zero-order chi connectivity index (χ0) is 28.6. The van der Waals surface area contributed by atoms with E-state index in [4.69, 9.17) is 4.74 Å². The second-order valence-electron chi connectivity index (χ2n) is 10.6. The first-order chi connectivity index (χ1) is 19.8. The quantitative estimate of drug-likeness (QED) is 0.469. The van der Waals surface area contributed by atoms with Crippen LogP contribution in [0.25, 0.3) is 0 Å². The number of rotatable bonds is 6. The Morgan fingerprint density at radius 1 is 0.927 bits per heavy atom. The van der Waals surface area contributed by atoms with Gasteiger partial charge in [-0.25, -0.2) is 8.42 Å². The summed E-state index contributed by atoms with van der Waals surface area (Å²) in [6.45, 7) is 7.47. The predicted molar refractivity (Wildman–Crippen MR) is 158 cm³/mol. The van der Waals surface area contributed by atoms with Gasteiger partial charge in [0.05, 0.1) is 23.7 Å². The highest BCUT2D eigenvalue weighted by molar-refractivity contribution is 7.89. The number of morpholine rings is 1. The van der Waals surface area contributed by atoms with Crippen molar-refractivity contribution in [1.29, 1.82) is 0 Å². The minimum Gasteiger partial charge on any atom is -0.378 e. The van der Waals surface area contributed by atoms with E-state index in [-0.39, 0.29) is 16.7 Å². The van der Waals surface area contributed by atoms with Crippen molar-refractivity contribution in [2.24, 2.45) is 0 Å². The van der Waals surface area contributed by atoms with Crippen LogP contribution in [-0.4, -0.2) is 80.3 Å². The second kappa shape index (κ2) is 11.7. The molecule has 1 aromatic heterocycles. The third kappa shape index (κ3) is 5.56. The number of fused-ring (bicyclic) bond motifs is 2. The predicted octanol–water partition coefficient (Wildman–Crippen LogP) is 3.60. The fourth-order valence-electron chi connectivity index (χ4n) is 5.74. The Morgan fingerprint density at radius 2 is 1.66 bits per heavy atom. The fourth-order valence-corrected chi connectivity index (χ4v) is 8.44. The highest BCUT2D eigenvalue weighted by Crippen LogP contribution is 2.38. The molecule has 41 heavy (non-hydrogen) atoms. The lowest BCUT2D eigenvalue weighted by molar-refractivity contribution is 0.0303. The smallest absolute Gasteiger partial charge is 0.257 e. The molecule has 1 saturated heterocycles. The van der Waals surface area contributed by atoms with Gasteiger partial charge in [0.15, 0.2) is 0 Å². The number of carbonyl (C=O) groups is 2. The van der Waals surface area contributed by atoms with Crippen molar-refractivity contribution in [3.8, 4) is 0 Å². The summed E-state index contributed by atoms with van der Waals surface area (Å²) < 4.78 is 33.7. The maximum Gasteiger partial charge on any atom is 0.257 e. The molecule has 0 unspecified atom stereocenters. The first kappa shape index (κ1) is 28.0. The monoisotopic (exact) mass is 594 g/mol. The van der Waals surface area contributed by atoms with Crippen LogP contribution in [-0.2, 0) is 40.7 Å². The summed E-state index contributed by atoms with van der Waals surface area (Å²) in [6, 6.07) is 13.9. The molecule has 11 heteroatoms. The molecule has 0 aliphatic carbocycles. The molecule has 6 rings (SSSR count). The number of sulfonamides is 1. The van der Waals surface area contributed by atoms with Gasteiger partial charge in [0.1, 0.15) is 5.00 Å². The number of thiophene rings is 1. The molecule has 1 N–H and O–H groups in total. The molecule has 2 aromatic carbocycles. The van der Waals surface area contributed by atoms with E-state index < -0.39 is 10.0 Å². The minimum absolute atomic E-state index is 0.0735. The van der Waals surface area contributed by atoms with Crippen molar-refractivity contribution in [2.45, 2.75) is 37.8 Å². The topological polar surface area (TPSA) is 99.3 Å². The van der Waals surface area contributed by atoms with Crippen molar-refractivity contribution in [2.75, 3.05) is 51.3 Å². The van der Waals surface area contributed by atoms with Gasteiger partial charge >= 0.3 is 0 Å². The van der Waals surface area contributed by atoms with Crippen molar-refractivity contribution >= 4 is 38.2 Å². The number of carbonyl (C=O) groups excluding carboxylic acids is 2. The minimum atomic E-state index is -3.71. The van der Waals surface area contributed by atoms with Crippen molar-refractivity contribution in [3.63, 3.8) is 0 Å². The summed E-state index contributed by atoms with van der Waals surface area (Å²) >= 11 is 1.46. The molecule has 1 fully saturated rings. The number of ether oxygens (including phenoxy) is 1. The number of nitrogens with one attached hydrogen (secondary N) is 1. The lowest BCUT2D eigenvalue weighted by Gasteiger charge is -2.29. The SMILES string of the molecule is CCN1CCc2c(sc(NC(=O)c3ccc(S(=O)(=O)N4CCc5ccccc5C4)cc3)c2C(=O)N2CCOCC2)C1. The summed E-state index contributed by atoms with van der Waals surface area (Å²) in [5.41, 5.74) is 4.13. The van der Waals surface area contributed by atoms with Crippen molar-refractivity contribution in [3.05, 3.63) is 81.2 Å². The third-order valence-corrected chi connectivity index (χ3v) is 11.2. The number of likely N-dealkylation sites (N-methyl/N-ethyl adjacent to an activating group) is 1. The molecule has 0 spiro atoms. The first-order valence-electron chi connectivity index (χ1n) is 14.1. The van der Waals surface area contributed by atoms with E-state index in [2.05, 4.69) is 17.1 Å². The fraction of sp³-hybridized carbons (Fsp3) is 0.400. The second-order valence-corrected chi connectivity index (χ2v) is 13.6. The maximum absolute atomic E-state index is 13.6. The van der Waals surface area contributed by atoms with Crippen LogP contribution < -0.4 is 5.32 Å². The van der Waals surface area contributed by atoms with Gasteiger partial charge in [0.25, 0.3) is 11.8 Å². The van der Waals surface area contributed by atoms with Gasteiger partial charge in [-0.3, -0.25) is 14.5 Å². The Kier molecular flexibility index (Phi) is 7.97. The average Bonchev–Trinajstić information content (AvgIpc) is 3.37. The zero-order valence-electron chi connectivity index (χ0n) is 23.1. The molecule has 0 saturated carbocycles. The van der Waals surface area contributed by atoms with Gasteiger partial charge in [-0.15, -0.1) is 11.3 Å². The number of anilines is 1. The van der Waals surface area contributed by atoms with Crippen molar-refractivity contribution in [1.82, 2.24) is 14.1 Å². The van der Waals surface area contributed by atoms with Crippen LogP contribution in [0.5, 0.6) is 0 Å². The van der Waals surface area contributed by atoms with Crippen LogP contribution in [0.2, 0.25) is 0 Å². The normalized spacial score (nSPS) is 18.0. The summed E-state index contributed by atoms with van der Waals surface area (Å²) in [7, 11) is -3.71. The highest BCUT2D eigenvalue weighted by Gasteiger charge is 2.32. The zero-order valence-corrected chi connectivity index (χ0v) is 24.7. The van der Waals surface area contributed by atoms with E-state index in [9.17, 15) is 18.0 Å². The number of nitrogens with zero attached hydrogens (tertiary/aromatic N) is 3. The molecule has 0 radical (unpaired) electrons. The molecule has 3 aromatic rings. The first-order valence-corrected chi connectivity index (χ1v) is 16.3. The molecule has 216 valence electrons. The maximum atomic E-state index is 13.6.